The number of nitrogens with two attached hydrogens (primary N) is 1. The fraction of sp³-hybridized carbons (Fsp3) is 0.0833. The zero-order valence-electron chi connectivity index (χ0n) is 9.08. The normalized spacial score (nSPS) is 10.3. The van der Waals surface area contributed by atoms with E-state index in [9.17, 15) is 0 Å². The Labute approximate surface area is 116 Å². The summed E-state index contributed by atoms with van der Waals surface area (Å²) in [4.78, 5) is 4.13. The smallest absolute Gasteiger partial charge is 0.233 e. The summed E-state index contributed by atoms with van der Waals surface area (Å²) in [6.07, 6.45) is 1.56. The fourth-order valence-electron chi connectivity index (χ4n) is 1.35. The molecule has 0 saturated heterocycles. The summed E-state index contributed by atoms with van der Waals surface area (Å²) in [7, 11) is 0. The van der Waals surface area contributed by atoms with Gasteiger partial charge < -0.3 is 10.5 Å². The van der Waals surface area contributed by atoms with Gasteiger partial charge in [0.1, 0.15) is 5.75 Å². The molecule has 0 amide bonds. The lowest BCUT2D eigenvalue weighted by molar-refractivity contribution is 0.456. The number of rotatable bonds is 2. The molecule has 0 radical (unpaired) electrons. The van der Waals surface area contributed by atoms with E-state index in [-0.39, 0.29) is 0 Å². The lowest BCUT2D eigenvalue weighted by atomic mass is 10.2. The minimum atomic E-state index is 0.504. The maximum absolute atomic E-state index is 5.72. The van der Waals surface area contributed by atoms with E-state index in [1.807, 2.05) is 25.1 Å². The third-order valence-corrected chi connectivity index (χ3v) is 3.23. The maximum atomic E-state index is 5.72. The Hall–Kier alpha value is -1.07. The van der Waals surface area contributed by atoms with Gasteiger partial charge >= 0.3 is 0 Å². The monoisotopic (exact) mass is 356 g/mol. The van der Waals surface area contributed by atoms with Crippen LogP contribution in [0.2, 0.25) is 0 Å². The van der Waals surface area contributed by atoms with E-state index in [2.05, 4.69) is 36.8 Å². The van der Waals surface area contributed by atoms with Crippen LogP contribution in [-0.2, 0) is 0 Å². The van der Waals surface area contributed by atoms with Gasteiger partial charge in [0.25, 0.3) is 0 Å². The zero-order chi connectivity index (χ0) is 12.4. The number of nitrogens with zero attached hydrogens (tertiary/aromatic N) is 1. The van der Waals surface area contributed by atoms with E-state index in [4.69, 9.17) is 10.5 Å². The molecule has 0 spiro atoms. The van der Waals surface area contributed by atoms with Crippen molar-refractivity contribution in [2.24, 2.45) is 0 Å². The van der Waals surface area contributed by atoms with Gasteiger partial charge in [-0.1, -0.05) is 15.9 Å². The first-order valence-electron chi connectivity index (χ1n) is 4.91. The van der Waals surface area contributed by atoms with Crippen LogP contribution in [0.4, 0.5) is 5.69 Å². The highest BCUT2D eigenvalue weighted by Gasteiger charge is 2.07. The van der Waals surface area contributed by atoms with Gasteiger partial charge in [0.05, 0.1) is 16.4 Å². The molecule has 0 atom stereocenters. The van der Waals surface area contributed by atoms with Crippen molar-refractivity contribution in [3.05, 3.63) is 45.0 Å². The van der Waals surface area contributed by atoms with Crippen molar-refractivity contribution >= 4 is 37.5 Å². The second-order valence-corrected chi connectivity index (χ2v) is 5.34. The fourth-order valence-corrected chi connectivity index (χ4v) is 2.27. The van der Waals surface area contributed by atoms with Gasteiger partial charge in [0.2, 0.25) is 5.88 Å². The first-order valence-corrected chi connectivity index (χ1v) is 6.50. The number of benzene rings is 1. The standard InChI is InChI=1S/C12H10Br2N2O/c1-7-4-8(13)2-3-11(7)17-12-10(14)5-9(15)6-16-12/h2-6H,15H2,1H3. The van der Waals surface area contributed by atoms with Crippen LogP contribution >= 0.6 is 31.9 Å². The zero-order valence-corrected chi connectivity index (χ0v) is 12.2. The lowest BCUT2D eigenvalue weighted by Crippen LogP contribution is -1.93. The van der Waals surface area contributed by atoms with Gasteiger partial charge in [0.15, 0.2) is 0 Å². The Kier molecular flexibility index (Phi) is 3.69. The van der Waals surface area contributed by atoms with Crippen molar-refractivity contribution in [3.63, 3.8) is 0 Å². The van der Waals surface area contributed by atoms with Crippen molar-refractivity contribution in [2.45, 2.75) is 6.92 Å². The Morgan fingerprint density at radius 1 is 1.24 bits per heavy atom. The minimum absolute atomic E-state index is 0.504. The molecule has 0 aliphatic carbocycles. The first-order chi connectivity index (χ1) is 8.06. The van der Waals surface area contributed by atoms with E-state index in [0.29, 0.717) is 11.6 Å². The van der Waals surface area contributed by atoms with Crippen LogP contribution in [0.3, 0.4) is 0 Å². The van der Waals surface area contributed by atoms with Gasteiger partial charge in [-0.05, 0) is 52.7 Å². The minimum Gasteiger partial charge on any atom is -0.438 e. The molecule has 1 heterocycles. The molecule has 0 saturated carbocycles. The Bertz CT molecular complexity index is 509. The number of nitrogen functional groups attached to an aromatic ring is 1. The molecule has 1 aromatic heterocycles. The van der Waals surface area contributed by atoms with E-state index in [1.165, 1.54) is 0 Å². The Morgan fingerprint density at radius 2 is 2.00 bits per heavy atom. The van der Waals surface area contributed by atoms with Crippen LogP contribution in [-0.4, -0.2) is 4.98 Å². The quantitative estimate of drug-likeness (QED) is 0.872. The molecule has 2 N–H and O–H groups in total. The van der Waals surface area contributed by atoms with Crippen molar-refractivity contribution in [1.82, 2.24) is 4.98 Å². The molecule has 0 bridgehead atoms. The van der Waals surface area contributed by atoms with Crippen molar-refractivity contribution in [1.29, 1.82) is 0 Å². The number of pyridine rings is 1. The number of ether oxygens (including phenoxy) is 1. The van der Waals surface area contributed by atoms with Gasteiger partial charge in [0, 0.05) is 4.47 Å². The van der Waals surface area contributed by atoms with Gasteiger partial charge in [-0.2, -0.15) is 0 Å². The van der Waals surface area contributed by atoms with E-state index >= 15 is 0 Å². The molecule has 0 fully saturated rings. The van der Waals surface area contributed by atoms with Gasteiger partial charge in [-0.3, -0.25) is 0 Å². The summed E-state index contributed by atoms with van der Waals surface area (Å²) < 4.78 is 7.47. The first kappa shape index (κ1) is 12.4. The highest BCUT2D eigenvalue weighted by Crippen LogP contribution is 2.31. The topological polar surface area (TPSA) is 48.1 Å². The van der Waals surface area contributed by atoms with Crippen LogP contribution in [0.5, 0.6) is 11.6 Å². The summed E-state index contributed by atoms with van der Waals surface area (Å²) in [5, 5.41) is 0. The van der Waals surface area contributed by atoms with E-state index in [0.717, 1.165) is 20.3 Å². The highest BCUT2D eigenvalue weighted by molar-refractivity contribution is 9.10. The van der Waals surface area contributed by atoms with Crippen molar-refractivity contribution in [2.75, 3.05) is 5.73 Å². The number of anilines is 1. The number of halogens is 2. The molecule has 2 aromatic rings. The van der Waals surface area contributed by atoms with Crippen LogP contribution < -0.4 is 10.5 Å². The van der Waals surface area contributed by atoms with Crippen LogP contribution in [0.25, 0.3) is 0 Å². The molecule has 1 aromatic carbocycles. The molecular weight excluding hydrogens is 348 g/mol. The highest BCUT2D eigenvalue weighted by atomic mass is 79.9. The average Bonchev–Trinajstić information content (AvgIpc) is 2.25. The van der Waals surface area contributed by atoms with E-state index < -0.39 is 0 Å². The summed E-state index contributed by atoms with van der Waals surface area (Å²) in [6, 6.07) is 7.56. The molecule has 5 heteroatoms. The second kappa shape index (κ2) is 5.06. The van der Waals surface area contributed by atoms with Crippen molar-refractivity contribution < 1.29 is 4.74 Å². The van der Waals surface area contributed by atoms with Crippen LogP contribution in [0.1, 0.15) is 5.56 Å². The number of hydrogen-bond acceptors (Lipinski definition) is 3. The maximum Gasteiger partial charge on any atom is 0.233 e. The number of aryl methyl sites for hydroxylation is 1. The summed E-state index contributed by atoms with van der Waals surface area (Å²) in [5.41, 5.74) is 7.24. The van der Waals surface area contributed by atoms with Crippen molar-refractivity contribution in [3.8, 4) is 11.6 Å². The van der Waals surface area contributed by atoms with Gasteiger partial charge in [-0.15, -0.1) is 0 Å². The van der Waals surface area contributed by atoms with Gasteiger partial charge in [-0.25, -0.2) is 4.98 Å². The largest absolute Gasteiger partial charge is 0.438 e. The molecule has 2 rings (SSSR count). The molecule has 0 aliphatic heterocycles. The average molecular weight is 358 g/mol. The molecular formula is C12H10Br2N2O. The number of hydrogen-bond donors (Lipinski definition) is 1. The summed E-state index contributed by atoms with van der Waals surface area (Å²) in [5.74, 6) is 1.27. The molecule has 3 nitrogen and oxygen atoms in total. The number of aromatic nitrogens is 1. The lowest BCUT2D eigenvalue weighted by Gasteiger charge is -2.09. The third-order valence-electron chi connectivity index (χ3n) is 2.17. The summed E-state index contributed by atoms with van der Waals surface area (Å²) in [6.45, 7) is 1.98. The Balaban J connectivity index is 2.31. The molecule has 0 unspecified atom stereocenters. The van der Waals surface area contributed by atoms with Crippen LogP contribution in [0, 0.1) is 6.92 Å². The third kappa shape index (κ3) is 2.98. The predicted molar refractivity (Wildman–Crippen MR) is 75.3 cm³/mol. The van der Waals surface area contributed by atoms with Crippen LogP contribution in [0.15, 0.2) is 39.4 Å². The summed E-state index contributed by atoms with van der Waals surface area (Å²) >= 11 is 6.78. The predicted octanol–water partition coefficient (Wildman–Crippen LogP) is 4.29. The second-order valence-electron chi connectivity index (χ2n) is 3.57. The Morgan fingerprint density at radius 3 is 2.65 bits per heavy atom. The molecule has 88 valence electrons. The molecule has 17 heavy (non-hydrogen) atoms. The SMILES string of the molecule is Cc1cc(Br)ccc1Oc1ncc(N)cc1Br. The molecule has 0 aliphatic rings. The van der Waals surface area contributed by atoms with E-state index in [1.54, 1.807) is 12.3 Å².